The van der Waals surface area contributed by atoms with Gasteiger partial charge in [-0.25, -0.2) is 0 Å². The number of benzene rings is 3. The first-order chi connectivity index (χ1) is 13.8. The van der Waals surface area contributed by atoms with E-state index in [0.717, 1.165) is 34.9 Å². The van der Waals surface area contributed by atoms with Crippen molar-refractivity contribution in [2.75, 3.05) is 14.1 Å². The molecule has 0 saturated heterocycles. The van der Waals surface area contributed by atoms with Crippen LogP contribution in [0.3, 0.4) is 0 Å². The number of hydrogen-bond acceptors (Lipinski definition) is 3. The summed E-state index contributed by atoms with van der Waals surface area (Å²) >= 11 is 0. The normalized spacial score (nSPS) is 11.3. The molecule has 0 aromatic heterocycles. The first-order valence-electron chi connectivity index (χ1n) is 8.90. The maximum atomic E-state index is 13.1. The van der Waals surface area contributed by atoms with E-state index in [1.807, 2.05) is 61.5 Å². The van der Waals surface area contributed by atoms with E-state index < -0.39 is 11.7 Å². The van der Waals surface area contributed by atoms with Crippen LogP contribution in [0.5, 0.6) is 11.5 Å². The monoisotopic (exact) mass is 396 g/mol. The third-order valence-corrected chi connectivity index (χ3v) is 4.31. The molecule has 0 aliphatic heterocycles. The van der Waals surface area contributed by atoms with Crippen molar-refractivity contribution < 1.29 is 17.9 Å². The fraction of sp³-hybridized carbons (Fsp3) is 0.174. The van der Waals surface area contributed by atoms with E-state index in [-0.39, 0.29) is 11.3 Å². The number of nitriles is 1. The first-order valence-corrected chi connectivity index (χ1v) is 8.90. The van der Waals surface area contributed by atoms with Gasteiger partial charge in [-0.15, -0.1) is 0 Å². The summed E-state index contributed by atoms with van der Waals surface area (Å²) in [4.78, 5) is 2.03. The van der Waals surface area contributed by atoms with Crippen molar-refractivity contribution in [2.24, 2.45) is 0 Å². The lowest BCUT2D eigenvalue weighted by molar-refractivity contribution is -0.137. The van der Waals surface area contributed by atoms with Crippen LogP contribution in [0.25, 0.3) is 11.1 Å². The molecular formula is C23H19F3N2O. The summed E-state index contributed by atoms with van der Waals surface area (Å²) < 4.78 is 44.9. The average molecular weight is 396 g/mol. The van der Waals surface area contributed by atoms with Gasteiger partial charge in [0, 0.05) is 6.54 Å². The van der Waals surface area contributed by atoms with Crippen molar-refractivity contribution in [1.29, 1.82) is 5.26 Å². The summed E-state index contributed by atoms with van der Waals surface area (Å²) in [6, 6.07) is 19.8. The molecule has 0 unspecified atom stereocenters. The molecule has 0 N–H and O–H groups in total. The molecule has 3 aromatic carbocycles. The van der Waals surface area contributed by atoms with E-state index in [0.29, 0.717) is 12.3 Å². The minimum Gasteiger partial charge on any atom is -0.456 e. The number of halogens is 3. The second kappa shape index (κ2) is 8.38. The van der Waals surface area contributed by atoms with Gasteiger partial charge in [0.15, 0.2) is 0 Å². The van der Waals surface area contributed by atoms with Crippen LogP contribution in [0, 0.1) is 11.3 Å². The van der Waals surface area contributed by atoms with Crippen LogP contribution in [0.2, 0.25) is 0 Å². The van der Waals surface area contributed by atoms with Crippen molar-refractivity contribution in [3.63, 3.8) is 0 Å². The molecule has 0 bridgehead atoms. The van der Waals surface area contributed by atoms with E-state index in [2.05, 4.69) is 0 Å². The summed E-state index contributed by atoms with van der Waals surface area (Å²) in [6.07, 6.45) is -4.52. The Morgan fingerprint density at radius 2 is 1.69 bits per heavy atom. The van der Waals surface area contributed by atoms with Gasteiger partial charge in [-0.05, 0) is 61.1 Å². The van der Waals surface area contributed by atoms with Gasteiger partial charge in [-0.2, -0.15) is 18.4 Å². The highest BCUT2D eigenvalue weighted by Gasteiger charge is 2.31. The van der Waals surface area contributed by atoms with E-state index in [1.165, 1.54) is 0 Å². The lowest BCUT2D eigenvalue weighted by atomic mass is 9.99. The Bertz CT molecular complexity index is 1040. The molecular weight excluding hydrogens is 377 g/mol. The van der Waals surface area contributed by atoms with E-state index in [4.69, 9.17) is 4.74 Å². The molecule has 3 nitrogen and oxygen atoms in total. The third kappa shape index (κ3) is 4.95. The summed E-state index contributed by atoms with van der Waals surface area (Å²) in [6.45, 7) is 0.692. The van der Waals surface area contributed by atoms with Crippen LogP contribution >= 0.6 is 0 Å². The smallest absolute Gasteiger partial charge is 0.416 e. The number of ether oxygens (including phenoxy) is 1. The predicted molar refractivity (Wildman–Crippen MR) is 106 cm³/mol. The predicted octanol–water partition coefficient (Wildman–Crippen LogP) is 6.10. The van der Waals surface area contributed by atoms with Crippen LogP contribution < -0.4 is 4.74 Å². The van der Waals surface area contributed by atoms with Crippen molar-refractivity contribution in [3.8, 4) is 28.7 Å². The molecule has 3 aromatic rings. The van der Waals surface area contributed by atoms with Crippen molar-refractivity contribution in [2.45, 2.75) is 12.7 Å². The molecule has 0 spiro atoms. The molecule has 0 radical (unpaired) electrons. The number of alkyl halides is 3. The standard InChI is InChI=1S/C23H19F3N2O/c1-28(2)15-18-9-11-20(13-21(18)16-6-4-3-5-7-16)29-22-12-19(23(24,25)26)10-8-17(22)14-27/h3-13H,15H2,1-2H3. The first kappa shape index (κ1) is 20.4. The summed E-state index contributed by atoms with van der Waals surface area (Å²) in [5.41, 5.74) is 2.12. The Labute approximate surface area is 167 Å². The SMILES string of the molecule is CN(C)Cc1ccc(Oc2cc(C(F)(F)F)ccc2C#N)cc1-c1ccccc1. The topological polar surface area (TPSA) is 36.3 Å². The van der Waals surface area contributed by atoms with Crippen molar-refractivity contribution in [3.05, 3.63) is 83.4 Å². The van der Waals surface area contributed by atoms with Crippen LogP contribution in [-0.2, 0) is 12.7 Å². The summed E-state index contributed by atoms with van der Waals surface area (Å²) in [5.74, 6) is 0.240. The van der Waals surface area contributed by atoms with Gasteiger partial charge >= 0.3 is 6.18 Å². The molecule has 0 aliphatic rings. The van der Waals surface area contributed by atoms with Gasteiger partial charge in [-0.3, -0.25) is 0 Å². The second-order valence-corrected chi connectivity index (χ2v) is 6.85. The molecule has 0 aliphatic carbocycles. The fourth-order valence-corrected chi connectivity index (χ4v) is 2.99. The molecule has 0 atom stereocenters. The van der Waals surface area contributed by atoms with Gasteiger partial charge in [0.05, 0.1) is 11.1 Å². The molecule has 0 heterocycles. The lowest BCUT2D eigenvalue weighted by Gasteiger charge is -2.17. The van der Waals surface area contributed by atoms with Crippen LogP contribution in [0.4, 0.5) is 13.2 Å². The molecule has 29 heavy (non-hydrogen) atoms. The molecule has 148 valence electrons. The highest BCUT2D eigenvalue weighted by atomic mass is 19.4. The van der Waals surface area contributed by atoms with E-state index in [1.54, 1.807) is 12.1 Å². The second-order valence-electron chi connectivity index (χ2n) is 6.85. The number of hydrogen-bond donors (Lipinski definition) is 0. The lowest BCUT2D eigenvalue weighted by Crippen LogP contribution is -2.11. The van der Waals surface area contributed by atoms with Crippen molar-refractivity contribution >= 4 is 0 Å². The molecule has 6 heteroatoms. The largest absolute Gasteiger partial charge is 0.456 e. The average Bonchev–Trinajstić information content (AvgIpc) is 2.68. The molecule has 0 fully saturated rings. The van der Waals surface area contributed by atoms with Crippen LogP contribution in [0.15, 0.2) is 66.7 Å². The Hall–Kier alpha value is -3.30. The summed E-state index contributed by atoms with van der Waals surface area (Å²) in [7, 11) is 3.92. The Kier molecular flexibility index (Phi) is 5.90. The Morgan fingerprint density at radius 3 is 2.31 bits per heavy atom. The molecule has 0 amide bonds. The molecule has 0 saturated carbocycles. The minimum absolute atomic E-state index is 0.0385. The van der Waals surface area contributed by atoms with E-state index in [9.17, 15) is 18.4 Å². The van der Waals surface area contributed by atoms with Gasteiger partial charge in [0.25, 0.3) is 0 Å². The highest BCUT2D eigenvalue weighted by molar-refractivity contribution is 5.69. The summed E-state index contributed by atoms with van der Waals surface area (Å²) in [5, 5.41) is 9.25. The third-order valence-electron chi connectivity index (χ3n) is 4.31. The zero-order valence-corrected chi connectivity index (χ0v) is 16.0. The maximum absolute atomic E-state index is 13.1. The minimum atomic E-state index is -4.52. The number of nitrogens with zero attached hydrogens (tertiary/aromatic N) is 2. The molecule has 3 rings (SSSR count). The van der Waals surface area contributed by atoms with E-state index >= 15 is 0 Å². The van der Waals surface area contributed by atoms with Gasteiger partial charge in [0.1, 0.15) is 17.6 Å². The van der Waals surface area contributed by atoms with Gasteiger partial charge < -0.3 is 9.64 Å². The van der Waals surface area contributed by atoms with Crippen LogP contribution in [-0.4, -0.2) is 19.0 Å². The Morgan fingerprint density at radius 1 is 0.966 bits per heavy atom. The zero-order chi connectivity index (χ0) is 21.0. The Balaban J connectivity index is 2.04. The van der Waals surface area contributed by atoms with Gasteiger partial charge in [0.2, 0.25) is 0 Å². The van der Waals surface area contributed by atoms with Crippen molar-refractivity contribution in [1.82, 2.24) is 4.90 Å². The zero-order valence-electron chi connectivity index (χ0n) is 16.0. The highest BCUT2D eigenvalue weighted by Crippen LogP contribution is 2.36. The van der Waals surface area contributed by atoms with Crippen LogP contribution in [0.1, 0.15) is 16.7 Å². The fourth-order valence-electron chi connectivity index (χ4n) is 2.99. The number of rotatable bonds is 5. The quantitative estimate of drug-likeness (QED) is 0.523. The van der Waals surface area contributed by atoms with Gasteiger partial charge in [-0.1, -0.05) is 36.4 Å². The maximum Gasteiger partial charge on any atom is 0.416 e.